The van der Waals surface area contributed by atoms with Crippen LogP contribution in [0.2, 0.25) is 0 Å². The van der Waals surface area contributed by atoms with Gasteiger partial charge in [-0.2, -0.15) is 0 Å². The van der Waals surface area contributed by atoms with E-state index in [0.29, 0.717) is 12.5 Å². The Kier molecular flexibility index (Phi) is 6.81. The van der Waals surface area contributed by atoms with E-state index in [4.69, 9.17) is 0 Å². The zero-order valence-corrected chi connectivity index (χ0v) is 16.7. The predicted molar refractivity (Wildman–Crippen MR) is 108 cm³/mol. The molecule has 5 nitrogen and oxygen atoms in total. The van der Waals surface area contributed by atoms with Crippen molar-refractivity contribution in [3.63, 3.8) is 0 Å². The number of nitrogens with zero attached hydrogens (tertiary/aromatic N) is 2. The van der Waals surface area contributed by atoms with Crippen molar-refractivity contribution < 1.29 is 5.11 Å². The molecule has 1 heterocycles. The molecule has 1 unspecified atom stereocenters. The summed E-state index contributed by atoms with van der Waals surface area (Å²) in [4.78, 5) is 7.40. The first-order valence-electron chi connectivity index (χ1n) is 8.56. The molecule has 2 rings (SSSR count). The molecule has 0 amide bonds. The van der Waals surface area contributed by atoms with Crippen molar-refractivity contribution >= 4 is 27.4 Å². The standard InChI is InChI=1S/C19H30N4OS/c1-19(2,13-23(4)5)12-22-18(20-3)21-11-15(24)17-10-14-8-6-7-9-16(14)25-17/h6-10,15,24H,11-13H2,1-5H3,(H2,20,21,22). The van der Waals surface area contributed by atoms with Gasteiger partial charge < -0.3 is 20.6 Å². The van der Waals surface area contributed by atoms with Gasteiger partial charge in [0.15, 0.2) is 5.96 Å². The molecule has 0 aliphatic rings. The van der Waals surface area contributed by atoms with Gasteiger partial charge in [-0.05, 0) is 37.0 Å². The smallest absolute Gasteiger partial charge is 0.191 e. The summed E-state index contributed by atoms with van der Waals surface area (Å²) in [5.41, 5.74) is 0.130. The maximum Gasteiger partial charge on any atom is 0.191 e. The van der Waals surface area contributed by atoms with Crippen LogP contribution in [0, 0.1) is 5.41 Å². The van der Waals surface area contributed by atoms with E-state index >= 15 is 0 Å². The number of thiophene rings is 1. The lowest BCUT2D eigenvalue weighted by molar-refractivity contribution is 0.184. The van der Waals surface area contributed by atoms with Crippen LogP contribution < -0.4 is 10.6 Å². The first-order valence-corrected chi connectivity index (χ1v) is 9.38. The van der Waals surface area contributed by atoms with E-state index in [0.717, 1.165) is 18.0 Å². The minimum atomic E-state index is -0.550. The fourth-order valence-electron chi connectivity index (χ4n) is 2.92. The highest BCUT2D eigenvalue weighted by Gasteiger charge is 2.19. The summed E-state index contributed by atoms with van der Waals surface area (Å²) in [6.45, 7) is 6.67. The number of hydrogen-bond donors (Lipinski definition) is 3. The third-order valence-corrected chi connectivity index (χ3v) is 5.16. The van der Waals surface area contributed by atoms with E-state index in [-0.39, 0.29) is 5.41 Å². The van der Waals surface area contributed by atoms with E-state index in [1.54, 1.807) is 18.4 Å². The Labute approximate surface area is 154 Å². The van der Waals surface area contributed by atoms with Crippen LogP contribution in [-0.4, -0.2) is 56.7 Å². The lowest BCUT2D eigenvalue weighted by Crippen LogP contribution is -2.45. The van der Waals surface area contributed by atoms with Gasteiger partial charge in [-0.15, -0.1) is 11.3 Å². The van der Waals surface area contributed by atoms with E-state index < -0.39 is 6.10 Å². The zero-order chi connectivity index (χ0) is 18.4. The van der Waals surface area contributed by atoms with Crippen LogP contribution in [0.25, 0.3) is 10.1 Å². The minimum absolute atomic E-state index is 0.130. The first kappa shape index (κ1) is 19.7. The molecule has 6 heteroatoms. The summed E-state index contributed by atoms with van der Waals surface area (Å²) < 4.78 is 1.20. The lowest BCUT2D eigenvalue weighted by Gasteiger charge is -2.29. The molecule has 0 fully saturated rings. The summed E-state index contributed by atoms with van der Waals surface area (Å²) in [6.07, 6.45) is -0.550. The van der Waals surface area contributed by atoms with E-state index in [1.165, 1.54) is 10.1 Å². The van der Waals surface area contributed by atoms with Gasteiger partial charge in [-0.25, -0.2) is 0 Å². The van der Waals surface area contributed by atoms with Crippen LogP contribution in [0.15, 0.2) is 35.3 Å². The Morgan fingerprint density at radius 3 is 2.64 bits per heavy atom. The molecule has 1 atom stereocenters. The Bertz CT molecular complexity index is 675. The molecule has 1 aromatic heterocycles. The third-order valence-electron chi connectivity index (χ3n) is 3.94. The summed E-state index contributed by atoms with van der Waals surface area (Å²) in [6, 6.07) is 10.3. The normalized spacial score (nSPS) is 14.1. The summed E-state index contributed by atoms with van der Waals surface area (Å²) >= 11 is 1.63. The third kappa shape index (κ3) is 5.99. The topological polar surface area (TPSA) is 59.9 Å². The second-order valence-electron chi connectivity index (χ2n) is 7.41. The number of nitrogens with one attached hydrogen (secondary N) is 2. The molecular weight excluding hydrogens is 332 g/mol. The SMILES string of the molecule is CN=C(NCC(O)c1cc2ccccc2s1)NCC(C)(C)CN(C)C. The van der Waals surface area contributed by atoms with Crippen LogP contribution >= 0.6 is 11.3 Å². The van der Waals surface area contributed by atoms with Gasteiger partial charge >= 0.3 is 0 Å². The molecule has 1 aromatic carbocycles. The van der Waals surface area contributed by atoms with Crippen LogP contribution in [0.4, 0.5) is 0 Å². The largest absolute Gasteiger partial charge is 0.386 e. The van der Waals surface area contributed by atoms with Gasteiger partial charge in [0, 0.05) is 36.3 Å². The zero-order valence-electron chi connectivity index (χ0n) is 15.8. The van der Waals surface area contributed by atoms with Crippen LogP contribution in [0.5, 0.6) is 0 Å². The van der Waals surface area contributed by atoms with Crippen LogP contribution in [0.1, 0.15) is 24.8 Å². The quantitative estimate of drug-likeness (QED) is 0.524. The highest BCUT2D eigenvalue weighted by molar-refractivity contribution is 7.19. The summed E-state index contributed by atoms with van der Waals surface area (Å²) in [5.74, 6) is 0.715. The van der Waals surface area contributed by atoms with Crippen molar-refractivity contribution in [2.75, 3.05) is 40.8 Å². The molecule has 3 N–H and O–H groups in total. The molecule has 25 heavy (non-hydrogen) atoms. The summed E-state index contributed by atoms with van der Waals surface area (Å²) in [7, 11) is 5.91. The van der Waals surface area contributed by atoms with Crippen molar-refractivity contribution in [1.82, 2.24) is 15.5 Å². The van der Waals surface area contributed by atoms with E-state index in [9.17, 15) is 5.11 Å². The Morgan fingerprint density at radius 2 is 2.00 bits per heavy atom. The van der Waals surface area contributed by atoms with Crippen molar-refractivity contribution in [3.05, 3.63) is 35.2 Å². The van der Waals surface area contributed by atoms with Crippen LogP contribution in [0.3, 0.4) is 0 Å². The van der Waals surface area contributed by atoms with Crippen molar-refractivity contribution in [1.29, 1.82) is 0 Å². The Morgan fingerprint density at radius 1 is 1.28 bits per heavy atom. The maximum absolute atomic E-state index is 10.5. The van der Waals surface area contributed by atoms with Crippen molar-refractivity contribution in [3.8, 4) is 0 Å². The number of aliphatic hydroxyl groups excluding tert-OH is 1. The first-order chi connectivity index (χ1) is 11.8. The van der Waals surface area contributed by atoms with Gasteiger partial charge in [-0.1, -0.05) is 32.0 Å². The lowest BCUT2D eigenvalue weighted by atomic mass is 9.93. The fraction of sp³-hybridized carbons (Fsp3) is 0.526. The maximum atomic E-state index is 10.5. The molecule has 0 bridgehead atoms. The number of rotatable bonds is 7. The van der Waals surface area contributed by atoms with Crippen LogP contribution in [-0.2, 0) is 0 Å². The van der Waals surface area contributed by atoms with Gasteiger partial charge in [-0.3, -0.25) is 4.99 Å². The molecule has 0 spiro atoms. The molecule has 2 aromatic rings. The molecule has 0 saturated heterocycles. The predicted octanol–water partition coefficient (Wildman–Crippen LogP) is 2.69. The number of guanidine groups is 1. The highest BCUT2D eigenvalue weighted by atomic mass is 32.1. The van der Waals surface area contributed by atoms with Crippen molar-refractivity contribution in [2.24, 2.45) is 10.4 Å². The molecule has 0 aliphatic heterocycles. The number of aliphatic hydroxyl groups is 1. The van der Waals surface area contributed by atoms with Gasteiger partial charge in [0.2, 0.25) is 0 Å². The average molecular weight is 363 g/mol. The van der Waals surface area contributed by atoms with Gasteiger partial charge in [0.1, 0.15) is 6.10 Å². The second-order valence-corrected chi connectivity index (χ2v) is 8.53. The highest BCUT2D eigenvalue weighted by Crippen LogP contribution is 2.29. The molecular formula is C19H30N4OS. The Balaban J connectivity index is 1.87. The number of aliphatic imine (C=N–C) groups is 1. The molecule has 0 saturated carbocycles. The number of fused-ring (bicyclic) bond motifs is 1. The number of hydrogen-bond acceptors (Lipinski definition) is 4. The van der Waals surface area contributed by atoms with E-state index in [1.807, 2.05) is 12.1 Å². The average Bonchev–Trinajstić information content (AvgIpc) is 2.97. The van der Waals surface area contributed by atoms with E-state index in [2.05, 4.69) is 66.7 Å². The summed E-state index contributed by atoms with van der Waals surface area (Å²) in [5, 5.41) is 18.2. The number of benzene rings is 1. The molecule has 138 valence electrons. The fourth-order valence-corrected chi connectivity index (χ4v) is 3.97. The van der Waals surface area contributed by atoms with Gasteiger partial charge in [0.05, 0.1) is 0 Å². The van der Waals surface area contributed by atoms with Gasteiger partial charge in [0.25, 0.3) is 0 Å². The monoisotopic (exact) mass is 362 g/mol. The molecule has 0 radical (unpaired) electrons. The Hall–Kier alpha value is -1.63. The second kappa shape index (κ2) is 8.65. The van der Waals surface area contributed by atoms with Crippen molar-refractivity contribution in [2.45, 2.75) is 20.0 Å². The molecule has 0 aliphatic carbocycles. The minimum Gasteiger partial charge on any atom is -0.386 e.